The van der Waals surface area contributed by atoms with E-state index in [-0.39, 0.29) is 0 Å². The highest BCUT2D eigenvalue weighted by molar-refractivity contribution is 5.47. The largest absolute Gasteiger partial charge is 0.384 e. The molecule has 0 unspecified atom stereocenters. The monoisotopic (exact) mass is 276 g/mol. The summed E-state index contributed by atoms with van der Waals surface area (Å²) in [6, 6.07) is 0.491. The first-order chi connectivity index (χ1) is 9.88. The van der Waals surface area contributed by atoms with Crippen molar-refractivity contribution in [2.24, 2.45) is 5.92 Å². The first-order valence-electron chi connectivity index (χ1n) is 7.67. The maximum atomic E-state index is 5.34. The minimum Gasteiger partial charge on any atom is -0.384 e. The van der Waals surface area contributed by atoms with Gasteiger partial charge in [-0.2, -0.15) is 0 Å². The molecule has 0 aromatic carbocycles. The van der Waals surface area contributed by atoms with Crippen LogP contribution in [0.1, 0.15) is 30.5 Å². The summed E-state index contributed by atoms with van der Waals surface area (Å²) in [5.41, 5.74) is 2.51. The van der Waals surface area contributed by atoms with Crippen molar-refractivity contribution in [3.8, 4) is 0 Å². The summed E-state index contributed by atoms with van der Waals surface area (Å²) in [5, 5.41) is 7.10. The molecule has 1 fully saturated rings. The predicted octanol–water partition coefficient (Wildman–Crippen LogP) is 1.39. The van der Waals surface area contributed by atoms with Crippen LogP contribution in [0.4, 0.5) is 5.82 Å². The lowest BCUT2D eigenvalue weighted by molar-refractivity contribution is 0.150. The Morgan fingerprint density at radius 1 is 1.30 bits per heavy atom. The fraction of sp³-hybridized carbons (Fsp3) is 0.733. The van der Waals surface area contributed by atoms with Crippen LogP contribution in [0.3, 0.4) is 0 Å². The van der Waals surface area contributed by atoms with Crippen LogP contribution < -0.4 is 10.6 Å². The Balaban J connectivity index is 1.77. The molecule has 1 aromatic heterocycles. The van der Waals surface area contributed by atoms with Crippen molar-refractivity contribution in [3.05, 3.63) is 17.6 Å². The molecule has 1 saturated carbocycles. The number of nitrogens with one attached hydrogen (secondary N) is 2. The molecule has 1 aliphatic carbocycles. The lowest BCUT2D eigenvalue weighted by Gasteiger charge is -2.22. The van der Waals surface area contributed by atoms with Gasteiger partial charge in [0.2, 0.25) is 0 Å². The van der Waals surface area contributed by atoms with Crippen molar-refractivity contribution in [2.75, 3.05) is 32.1 Å². The van der Waals surface area contributed by atoms with Crippen molar-refractivity contribution in [3.63, 3.8) is 0 Å². The van der Waals surface area contributed by atoms with Crippen LogP contribution in [-0.4, -0.2) is 42.8 Å². The summed E-state index contributed by atoms with van der Waals surface area (Å²) >= 11 is 0. The van der Waals surface area contributed by atoms with E-state index in [1.54, 1.807) is 13.4 Å². The van der Waals surface area contributed by atoms with Gasteiger partial charge in [-0.25, -0.2) is 9.97 Å². The zero-order valence-corrected chi connectivity index (χ0v) is 12.2. The minimum absolute atomic E-state index is 0.491. The molecule has 0 amide bonds. The van der Waals surface area contributed by atoms with E-state index in [9.17, 15) is 0 Å². The first-order valence-corrected chi connectivity index (χ1v) is 7.67. The van der Waals surface area contributed by atoms with Crippen LogP contribution in [0.15, 0.2) is 6.33 Å². The Kier molecular flexibility index (Phi) is 4.47. The van der Waals surface area contributed by atoms with Crippen LogP contribution in [0.2, 0.25) is 0 Å². The Morgan fingerprint density at radius 2 is 2.20 bits per heavy atom. The standard InChI is InChI=1S/C15H24N4O/c1-20-9-11-3-2-4-13(11)19-15-12-5-7-16-8-6-14(12)17-10-18-15/h10-11,13,16H,2-9H2,1H3,(H,17,18,19)/t11-,13-/m0/s1. The van der Waals surface area contributed by atoms with E-state index < -0.39 is 0 Å². The van der Waals surface area contributed by atoms with Crippen molar-refractivity contribution in [1.82, 2.24) is 15.3 Å². The summed E-state index contributed by atoms with van der Waals surface area (Å²) in [4.78, 5) is 8.95. The van der Waals surface area contributed by atoms with E-state index in [1.165, 1.54) is 30.5 Å². The van der Waals surface area contributed by atoms with E-state index in [0.29, 0.717) is 12.0 Å². The summed E-state index contributed by atoms with van der Waals surface area (Å²) < 4.78 is 5.34. The zero-order chi connectivity index (χ0) is 13.8. The SMILES string of the molecule is COC[C@@H]1CCC[C@@H]1Nc1ncnc2c1CCNCC2. The highest BCUT2D eigenvalue weighted by Crippen LogP contribution is 2.30. The molecule has 1 aromatic rings. The Bertz CT molecular complexity index is 451. The molecule has 0 saturated heterocycles. The quantitative estimate of drug-likeness (QED) is 0.870. The molecule has 5 heteroatoms. The van der Waals surface area contributed by atoms with Gasteiger partial charge in [-0.3, -0.25) is 0 Å². The lowest BCUT2D eigenvalue weighted by atomic mass is 10.0. The molecular formula is C15H24N4O. The number of hydrogen-bond acceptors (Lipinski definition) is 5. The number of nitrogens with zero attached hydrogens (tertiary/aromatic N) is 2. The second-order valence-electron chi connectivity index (χ2n) is 5.79. The predicted molar refractivity (Wildman–Crippen MR) is 78.9 cm³/mol. The fourth-order valence-electron chi connectivity index (χ4n) is 3.41. The van der Waals surface area contributed by atoms with Gasteiger partial charge in [0.1, 0.15) is 12.1 Å². The second kappa shape index (κ2) is 6.50. The van der Waals surface area contributed by atoms with Crippen molar-refractivity contribution < 1.29 is 4.74 Å². The summed E-state index contributed by atoms with van der Waals surface area (Å²) in [6.45, 7) is 2.87. The van der Waals surface area contributed by atoms with Crippen LogP contribution >= 0.6 is 0 Å². The highest BCUT2D eigenvalue weighted by atomic mass is 16.5. The molecule has 0 bridgehead atoms. The summed E-state index contributed by atoms with van der Waals surface area (Å²) in [5.74, 6) is 1.65. The molecule has 110 valence electrons. The van der Waals surface area contributed by atoms with Crippen LogP contribution in [0.25, 0.3) is 0 Å². The Hall–Kier alpha value is -1.20. The lowest BCUT2D eigenvalue weighted by Crippen LogP contribution is -2.28. The van der Waals surface area contributed by atoms with Crippen molar-refractivity contribution in [1.29, 1.82) is 0 Å². The Morgan fingerprint density at radius 3 is 3.10 bits per heavy atom. The maximum absolute atomic E-state index is 5.34. The third kappa shape index (κ3) is 2.94. The van der Waals surface area contributed by atoms with Gasteiger partial charge in [0.25, 0.3) is 0 Å². The van der Waals surface area contributed by atoms with E-state index in [1.807, 2.05) is 0 Å². The number of aromatic nitrogens is 2. The van der Waals surface area contributed by atoms with Gasteiger partial charge in [-0.15, -0.1) is 0 Å². The molecule has 20 heavy (non-hydrogen) atoms. The number of ether oxygens (including phenoxy) is 1. The highest BCUT2D eigenvalue weighted by Gasteiger charge is 2.28. The van der Waals surface area contributed by atoms with Crippen molar-refractivity contribution >= 4 is 5.82 Å². The maximum Gasteiger partial charge on any atom is 0.133 e. The van der Waals surface area contributed by atoms with Crippen molar-refractivity contribution in [2.45, 2.75) is 38.1 Å². The van der Waals surface area contributed by atoms with Gasteiger partial charge in [0.05, 0.1) is 12.3 Å². The van der Waals surface area contributed by atoms with Gasteiger partial charge in [0, 0.05) is 37.6 Å². The van der Waals surface area contributed by atoms with Gasteiger partial charge < -0.3 is 15.4 Å². The smallest absolute Gasteiger partial charge is 0.133 e. The third-order valence-electron chi connectivity index (χ3n) is 4.49. The number of methoxy groups -OCH3 is 1. The molecule has 0 radical (unpaired) electrons. The average Bonchev–Trinajstić information content (AvgIpc) is 2.75. The normalized spacial score (nSPS) is 26.1. The molecule has 1 aliphatic heterocycles. The summed E-state index contributed by atoms with van der Waals surface area (Å²) in [6.07, 6.45) is 7.46. The molecule has 0 spiro atoms. The molecule has 2 atom stereocenters. The summed E-state index contributed by atoms with van der Waals surface area (Å²) in [7, 11) is 1.79. The van der Waals surface area contributed by atoms with Gasteiger partial charge in [-0.05, 0) is 25.8 Å². The topological polar surface area (TPSA) is 59.1 Å². The number of hydrogen-bond donors (Lipinski definition) is 2. The average molecular weight is 276 g/mol. The van der Waals surface area contributed by atoms with E-state index in [0.717, 1.165) is 38.4 Å². The second-order valence-corrected chi connectivity index (χ2v) is 5.79. The molecule has 3 rings (SSSR count). The molecule has 2 N–H and O–H groups in total. The van der Waals surface area contributed by atoms with Crippen LogP contribution in [0, 0.1) is 5.92 Å². The third-order valence-corrected chi connectivity index (χ3v) is 4.49. The number of rotatable bonds is 4. The van der Waals surface area contributed by atoms with Crippen LogP contribution in [0.5, 0.6) is 0 Å². The number of anilines is 1. The molecule has 2 aliphatic rings. The van der Waals surface area contributed by atoms with Gasteiger partial charge in [0.15, 0.2) is 0 Å². The molecule has 5 nitrogen and oxygen atoms in total. The number of fused-ring (bicyclic) bond motifs is 1. The Labute approximate surface area is 120 Å². The first kappa shape index (κ1) is 13.8. The van der Waals surface area contributed by atoms with E-state index in [2.05, 4.69) is 20.6 Å². The van der Waals surface area contributed by atoms with Gasteiger partial charge >= 0.3 is 0 Å². The van der Waals surface area contributed by atoms with Crippen LogP contribution in [-0.2, 0) is 17.6 Å². The molecular weight excluding hydrogens is 252 g/mol. The van der Waals surface area contributed by atoms with E-state index >= 15 is 0 Å². The minimum atomic E-state index is 0.491. The van der Waals surface area contributed by atoms with Gasteiger partial charge in [-0.1, -0.05) is 6.42 Å². The molecule has 2 heterocycles. The fourth-order valence-corrected chi connectivity index (χ4v) is 3.41. The van der Waals surface area contributed by atoms with E-state index in [4.69, 9.17) is 4.74 Å². The zero-order valence-electron chi connectivity index (χ0n) is 12.2.